The summed E-state index contributed by atoms with van der Waals surface area (Å²) in [7, 11) is 0. The average Bonchev–Trinajstić information content (AvgIpc) is 3.07. The highest BCUT2D eigenvalue weighted by atomic mass is 32.2. The fraction of sp³-hybridized carbons (Fsp3) is 0.600. The molecule has 35 heavy (non-hydrogen) atoms. The summed E-state index contributed by atoms with van der Waals surface area (Å²) in [5, 5.41) is 5.62. The first kappa shape index (κ1) is 26.8. The van der Waals surface area contributed by atoms with Crippen LogP contribution in [0.4, 0.5) is 9.59 Å². The fourth-order valence-electron chi connectivity index (χ4n) is 4.43. The fourth-order valence-corrected chi connectivity index (χ4v) is 4.90. The van der Waals surface area contributed by atoms with E-state index in [0.717, 1.165) is 5.56 Å². The van der Waals surface area contributed by atoms with Gasteiger partial charge in [0.15, 0.2) is 0 Å². The van der Waals surface area contributed by atoms with Crippen molar-refractivity contribution in [1.82, 2.24) is 15.5 Å². The summed E-state index contributed by atoms with van der Waals surface area (Å²) in [4.78, 5) is 52.3. The Morgan fingerprint density at radius 3 is 2.54 bits per heavy atom. The third-order valence-electron chi connectivity index (χ3n) is 6.09. The number of rotatable bonds is 8. The molecule has 2 fully saturated rings. The number of thioether (sulfide) groups is 1. The maximum absolute atomic E-state index is 13.1. The molecule has 0 radical (unpaired) electrons. The van der Waals surface area contributed by atoms with Crippen LogP contribution in [-0.4, -0.2) is 64.6 Å². The van der Waals surface area contributed by atoms with Crippen molar-refractivity contribution in [2.75, 3.05) is 12.0 Å². The number of ether oxygens (including phenoxy) is 2. The van der Waals surface area contributed by atoms with Gasteiger partial charge in [0.25, 0.3) is 0 Å². The second-order valence-corrected chi connectivity index (χ2v) is 10.9. The van der Waals surface area contributed by atoms with Crippen molar-refractivity contribution in [3.63, 3.8) is 0 Å². The molecule has 1 aromatic rings. The molecule has 0 spiro atoms. The molecule has 1 saturated heterocycles. The molecular formula is C25H35N3O6S. The lowest BCUT2D eigenvalue weighted by Gasteiger charge is -2.29. The molecule has 2 bridgehead atoms. The van der Waals surface area contributed by atoms with Gasteiger partial charge in [-0.2, -0.15) is 11.8 Å². The second kappa shape index (κ2) is 11.8. The zero-order valence-electron chi connectivity index (χ0n) is 20.7. The van der Waals surface area contributed by atoms with E-state index < -0.39 is 35.8 Å². The molecule has 1 saturated carbocycles. The van der Waals surface area contributed by atoms with Crippen molar-refractivity contribution in [1.29, 1.82) is 0 Å². The van der Waals surface area contributed by atoms with Gasteiger partial charge in [0.05, 0.1) is 5.92 Å². The lowest BCUT2D eigenvalue weighted by atomic mass is 9.85. The lowest BCUT2D eigenvalue weighted by molar-refractivity contribution is -0.131. The van der Waals surface area contributed by atoms with E-state index in [1.807, 2.05) is 36.6 Å². The van der Waals surface area contributed by atoms with Crippen molar-refractivity contribution in [2.45, 2.75) is 76.8 Å². The van der Waals surface area contributed by atoms with Crippen LogP contribution < -0.4 is 10.6 Å². The summed E-state index contributed by atoms with van der Waals surface area (Å²) in [6, 6.07) is 7.87. The van der Waals surface area contributed by atoms with E-state index in [-0.39, 0.29) is 24.5 Å². The molecule has 1 aliphatic carbocycles. The number of hydrogen-bond acceptors (Lipinski definition) is 7. The average molecular weight is 506 g/mol. The van der Waals surface area contributed by atoms with Gasteiger partial charge >= 0.3 is 12.2 Å². The Morgan fingerprint density at radius 2 is 1.89 bits per heavy atom. The molecule has 2 N–H and O–H groups in total. The van der Waals surface area contributed by atoms with E-state index in [1.165, 1.54) is 4.90 Å². The zero-order chi connectivity index (χ0) is 25.6. The molecule has 1 aromatic carbocycles. The number of fused-ring (bicyclic) bond motifs is 2. The highest BCUT2D eigenvalue weighted by molar-refractivity contribution is 7.98. The molecule has 4 atom stereocenters. The lowest BCUT2D eigenvalue weighted by Crippen LogP contribution is -2.52. The first-order valence-electron chi connectivity index (χ1n) is 11.9. The van der Waals surface area contributed by atoms with Crippen LogP contribution in [0.5, 0.6) is 0 Å². The quantitative estimate of drug-likeness (QED) is 0.556. The largest absolute Gasteiger partial charge is 0.445 e. The topological polar surface area (TPSA) is 114 Å². The van der Waals surface area contributed by atoms with Gasteiger partial charge in [0.2, 0.25) is 11.8 Å². The van der Waals surface area contributed by atoms with Gasteiger partial charge in [0.1, 0.15) is 18.2 Å². The molecule has 9 nitrogen and oxygen atoms in total. The summed E-state index contributed by atoms with van der Waals surface area (Å²) < 4.78 is 10.7. The molecular weight excluding hydrogens is 470 g/mol. The highest BCUT2D eigenvalue weighted by Crippen LogP contribution is 2.37. The minimum atomic E-state index is -0.790. The molecule has 0 aromatic heterocycles. The molecule has 2 aliphatic rings. The Labute approximate surface area is 210 Å². The number of carbonyl (C=O) groups excluding carboxylic acids is 4. The molecule has 192 valence electrons. The van der Waals surface area contributed by atoms with Crippen LogP contribution in [0.2, 0.25) is 0 Å². The standard InChI is InChI=1S/C25H35N3O6S/c1-25(2,3)34-24(32)28-17-10-11-19(18(14-17)22(28)30)26-21(29)20(12-13-35-4)27-23(31)33-15-16-8-6-5-7-9-16/h5-9,17-20H,10-15H2,1-4H3,(H,26,29)(H,27,31)/t17-,18-,19+,20+/m1/s1. The van der Waals surface area contributed by atoms with Gasteiger partial charge in [-0.1, -0.05) is 30.3 Å². The van der Waals surface area contributed by atoms with Crippen LogP contribution in [-0.2, 0) is 25.7 Å². The van der Waals surface area contributed by atoms with E-state index in [1.54, 1.807) is 32.5 Å². The van der Waals surface area contributed by atoms with Crippen molar-refractivity contribution in [3.05, 3.63) is 35.9 Å². The molecule has 4 amide bonds. The van der Waals surface area contributed by atoms with Gasteiger partial charge in [-0.3, -0.25) is 9.59 Å². The predicted molar refractivity (Wildman–Crippen MR) is 133 cm³/mol. The number of amides is 4. The van der Waals surface area contributed by atoms with Gasteiger partial charge in [0, 0.05) is 12.1 Å². The Hall–Kier alpha value is -2.75. The summed E-state index contributed by atoms with van der Waals surface area (Å²) in [6.07, 6.45) is 2.69. The van der Waals surface area contributed by atoms with Crippen molar-refractivity contribution in [3.8, 4) is 0 Å². The number of nitrogens with zero attached hydrogens (tertiary/aromatic N) is 1. The Balaban J connectivity index is 1.58. The molecule has 1 aliphatic heterocycles. The molecule has 0 unspecified atom stereocenters. The maximum atomic E-state index is 13.1. The summed E-state index contributed by atoms with van der Waals surface area (Å²) in [5.41, 5.74) is 0.145. The van der Waals surface area contributed by atoms with Crippen molar-refractivity contribution < 1.29 is 28.7 Å². The van der Waals surface area contributed by atoms with Crippen LogP contribution in [0.3, 0.4) is 0 Å². The number of alkyl carbamates (subject to hydrolysis) is 1. The highest BCUT2D eigenvalue weighted by Gasteiger charge is 2.51. The maximum Gasteiger partial charge on any atom is 0.417 e. The van der Waals surface area contributed by atoms with E-state index in [0.29, 0.717) is 31.4 Å². The summed E-state index contributed by atoms with van der Waals surface area (Å²) >= 11 is 1.57. The van der Waals surface area contributed by atoms with Crippen LogP contribution in [0.25, 0.3) is 0 Å². The van der Waals surface area contributed by atoms with Crippen molar-refractivity contribution in [2.24, 2.45) is 5.92 Å². The third-order valence-corrected chi connectivity index (χ3v) is 6.74. The Kier molecular flexibility index (Phi) is 9.04. The zero-order valence-corrected chi connectivity index (χ0v) is 21.6. The first-order valence-corrected chi connectivity index (χ1v) is 13.3. The minimum absolute atomic E-state index is 0.102. The SMILES string of the molecule is CSCC[C@H](NC(=O)OCc1ccccc1)C(=O)N[C@H]1CC[C@@H]2C[C@H]1C(=O)N2C(=O)OC(C)(C)C. The van der Waals surface area contributed by atoms with Crippen molar-refractivity contribution >= 4 is 35.8 Å². The summed E-state index contributed by atoms with van der Waals surface area (Å²) in [5.74, 6) is -0.499. The van der Waals surface area contributed by atoms with E-state index in [2.05, 4.69) is 10.6 Å². The predicted octanol–water partition coefficient (Wildman–Crippen LogP) is 3.47. The summed E-state index contributed by atoms with van der Waals surface area (Å²) in [6.45, 7) is 5.37. The Morgan fingerprint density at radius 1 is 1.17 bits per heavy atom. The number of benzene rings is 1. The first-order chi connectivity index (χ1) is 16.6. The van der Waals surface area contributed by atoms with E-state index >= 15 is 0 Å². The molecule has 1 heterocycles. The van der Waals surface area contributed by atoms with Gasteiger partial charge < -0.3 is 20.1 Å². The van der Waals surface area contributed by atoms with Gasteiger partial charge in [-0.15, -0.1) is 0 Å². The normalized spacial score (nSPS) is 22.3. The Bertz CT molecular complexity index is 920. The number of likely N-dealkylation sites (tertiary alicyclic amines) is 1. The molecule has 3 rings (SSSR count). The van der Waals surface area contributed by atoms with E-state index in [4.69, 9.17) is 9.47 Å². The second-order valence-electron chi connectivity index (χ2n) is 9.92. The van der Waals surface area contributed by atoms with Gasteiger partial charge in [-0.25, -0.2) is 14.5 Å². The number of nitrogens with one attached hydrogen (secondary N) is 2. The number of hydrogen-bond donors (Lipinski definition) is 2. The van der Waals surface area contributed by atoms with Crippen LogP contribution in [0.15, 0.2) is 30.3 Å². The monoisotopic (exact) mass is 505 g/mol. The number of carbonyl (C=O) groups is 4. The van der Waals surface area contributed by atoms with Crippen LogP contribution >= 0.6 is 11.8 Å². The smallest absolute Gasteiger partial charge is 0.417 e. The van der Waals surface area contributed by atoms with Crippen LogP contribution in [0.1, 0.15) is 52.0 Å². The van der Waals surface area contributed by atoms with Gasteiger partial charge in [-0.05, 0) is 64.0 Å². The minimum Gasteiger partial charge on any atom is -0.445 e. The van der Waals surface area contributed by atoms with E-state index in [9.17, 15) is 19.2 Å². The number of imide groups is 1. The molecule has 10 heteroatoms. The van der Waals surface area contributed by atoms with Crippen LogP contribution in [0, 0.1) is 5.92 Å². The third kappa shape index (κ3) is 7.37.